The van der Waals surface area contributed by atoms with Gasteiger partial charge in [-0.05, 0) is 26.0 Å². The molecule has 1 aromatic carbocycles. The number of benzene rings is 1. The van der Waals surface area contributed by atoms with Crippen LogP contribution in [0.5, 0.6) is 11.5 Å². The molecule has 0 saturated carbocycles. The van der Waals surface area contributed by atoms with Crippen molar-refractivity contribution >= 4 is 5.97 Å². The molecular formula is C14H19NO4. The number of aliphatic carboxylic acids is 1. The second-order valence-electron chi connectivity index (χ2n) is 4.77. The number of fused-ring (bicyclic) bond motifs is 1. The molecule has 1 aliphatic rings. The molecule has 2 rings (SSSR count). The normalized spacial score (nSPS) is 18.6. The molecule has 19 heavy (non-hydrogen) atoms. The minimum Gasteiger partial charge on any atom is -0.494 e. The van der Waals surface area contributed by atoms with Gasteiger partial charge in [0, 0.05) is 23.6 Å². The van der Waals surface area contributed by atoms with Gasteiger partial charge in [0.1, 0.15) is 17.6 Å². The van der Waals surface area contributed by atoms with Crippen LogP contribution < -0.4 is 15.2 Å². The van der Waals surface area contributed by atoms with Gasteiger partial charge in [0.05, 0.1) is 13.0 Å². The number of hydrogen-bond acceptors (Lipinski definition) is 4. The largest absolute Gasteiger partial charge is 0.494 e. The molecule has 0 radical (unpaired) electrons. The summed E-state index contributed by atoms with van der Waals surface area (Å²) in [6.45, 7) is 4.40. The highest BCUT2D eigenvalue weighted by Gasteiger charge is 2.24. The van der Waals surface area contributed by atoms with Crippen molar-refractivity contribution in [3.8, 4) is 11.5 Å². The quantitative estimate of drug-likeness (QED) is 0.849. The van der Waals surface area contributed by atoms with E-state index >= 15 is 0 Å². The van der Waals surface area contributed by atoms with Crippen LogP contribution in [0.15, 0.2) is 12.1 Å². The van der Waals surface area contributed by atoms with Crippen molar-refractivity contribution in [1.29, 1.82) is 0 Å². The monoisotopic (exact) mass is 265 g/mol. The second-order valence-corrected chi connectivity index (χ2v) is 4.77. The lowest BCUT2D eigenvalue weighted by molar-refractivity contribution is -0.137. The summed E-state index contributed by atoms with van der Waals surface area (Å²) in [7, 11) is 0. The highest BCUT2D eigenvalue weighted by Crippen LogP contribution is 2.37. The highest BCUT2D eigenvalue weighted by atomic mass is 16.5. The molecule has 0 saturated heterocycles. The summed E-state index contributed by atoms with van der Waals surface area (Å²) in [5.74, 6) is 0.518. The number of carboxylic acid groups (broad SMARTS) is 1. The molecule has 0 bridgehead atoms. The fourth-order valence-corrected chi connectivity index (χ4v) is 2.32. The van der Waals surface area contributed by atoms with Gasteiger partial charge in [-0.25, -0.2) is 0 Å². The van der Waals surface area contributed by atoms with Crippen LogP contribution in [0.4, 0.5) is 0 Å². The topological polar surface area (TPSA) is 81.8 Å². The Morgan fingerprint density at radius 1 is 1.63 bits per heavy atom. The van der Waals surface area contributed by atoms with Crippen molar-refractivity contribution in [1.82, 2.24) is 0 Å². The SMILES string of the molecule is CCOc1cc2c(cc1[C@H](N)CC(=O)O)OC(C)C2. The Morgan fingerprint density at radius 2 is 2.37 bits per heavy atom. The molecule has 0 spiro atoms. The maximum absolute atomic E-state index is 10.8. The van der Waals surface area contributed by atoms with E-state index in [4.69, 9.17) is 20.3 Å². The van der Waals surface area contributed by atoms with Gasteiger partial charge in [0.15, 0.2) is 0 Å². The lowest BCUT2D eigenvalue weighted by atomic mass is 10.00. The number of nitrogens with two attached hydrogens (primary N) is 1. The molecule has 5 nitrogen and oxygen atoms in total. The molecule has 1 aliphatic heterocycles. The van der Waals surface area contributed by atoms with Crippen LogP contribution in [0.2, 0.25) is 0 Å². The Kier molecular flexibility index (Phi) is 3.95. The molecule has 3 N–H and O–H groups in total. The first-order chi connectivity index (χ1) is 9.01. The predicted octanol–water partition coefficient (Wildman–Crippen LogP) is 1.88. The lowest BCUT2D eigenvalue weighted by Gasteiger charge is -2.16. The Morgan fingerprint density at radius 3 is 3.00 bits per heavy atom. The summed E-state index contributed by atoms with van der Waals surface area (Å²) in [5, 5.41) is 8.85. The minimum absolute atomic E-state index is 0.131. The van der Waals surface area contributed by atoms with E-state index in [1.54, 1.807) is 0 Å². The summed E-state index contributed by atoms with van der Waals surface area (Å²) < 4.78 is 11.2. The fourth-order valence-electron chi connectivity index (χ4n) is 2.32. The molecule has 1 aromatic rings. The van der Waals surface area contributed by atoms with Gasteiger partial charge >= 0.3 is 5.97 Å². The molecule has 1 unspecified atom stereocenters. The third-order valence-electron chi connectivity index (χ3n) is 3.12. The molecule has 2 atom stereocenters. The summed E-state index contributed by atoms with van der Waals surface area (Å²) >= 11 is 0. The van der Waals surface area contributed by atoms with Gasteiger partial charge in [-0.2, -0.15) is 0 Å². The number of carboxylic acids is 1. The van der Waals surface area contributed by atoms with Crippen LogP contribution in [-0.2, 0) is 11.2 Å². The van der Waals surface area contributed by atoms with Crippen molar-refractivity contribution < 1.29 is 19.4 Å². The highest BCUT2D eigenvalue weighted by molar-refractivity contribution is 5.68. The molecule has 1 heterocycles. The Bertz CT molecular complexity index is 487. The van der Waals surface area contributed by atoms with Gasteiger partial charge in [-0.1, -0.05) is 0 Å². The summed E-state index contributed by atoms with van der Waals surface area (Å²) in [6.07, 6.45) is 0.841. The van der Waals surface area contributed by atoms with Crippen LogP contribution in [0.1, 0.15) is 37.4 Å². The number of ether oxygens (including phenoxy) is 2. The number of hydrogen-bond donors (Lipinski definition) is 2. The first-order valence-electron chi connectivity index (χ1n) is 6.45. The van der Waals surface area contributed by atoms with Crippen LogP contribution in [-0.4, -0.2) is 23.8 Å². The van der Waals surface area contributed by atoms with Crippen LogP contribution in [0.3, 0.4) is 0 Å². The van der Waals surface area contributed by atoms with Crippen molar-refractivity contribution in [3.63, 3.8) is 0 Å². The van der Waals surface area contributed by atoms with Crippen LogP contribution in [0.25, 0.3) is 0 Å². The Balaban J connectivity index is 2.35. The van der Waals surface area contributed by atoms with Gasteiger partial charge in [0.2, 0.25) is 0 Å². The zero-order chi connectivity index (χ0) is 14.0. The third-order valence-corrected chi connectivity index (χ3v) is 3.12. The van der Waals surface area contributed by atoms with Gasteiger partial charge in [0.25, 0.3) is 0 Å². The Labute approximate surface area is 112 Å². The van der Waals surface area contributed by atoms with E-state index in [1.165, 1.54) is 0 Å². The fraction of sp³-hybridized carbons (Fsp3) is 0.500. The molecule has 0 fully saturated rings. The Hall–Kier alpha value is -1.75. The summed E-state index contributed by atoms with van der Waals surface area (Å²) in [6, 6.07) is 3.14. The van der Waals surface area contributed by atoms with Gasteiger partial charge in [-0.15, -0.1) is 0 Å². The van der Waals surface area contributed by atoms with Crippen molar-refractivity contribution in [2.75, 3.05) is 6.61 Å². The molecule has 0 aliphatic carbocycles. The van der Waals surface area contributed by atoms with E-state index in [1.807, 2.05) is 26.0 Å². The number of rotatable bonds is 5. The maximum atomic E-state index is 10.8. The van der Waals surface area contributed by atoms with Crippen molar-refractivity contribution in [2.45, 2.75) is 38.8 Å². The predicted molar refractivity (Wildman–Crippen MR) is 70.6 cm³/mol. The average molecular weight is 265 g/mol. The van der Waals surface area contributed by atoms with E-state index in [9.17, 15) is 4.79 Å². The molecule has 5 heteroatoms. The molecule has 0 aromatic heterocycles. The first kappa shape index (κ1) is 13.7. The van der Waals surface area contributed by atoms with E-state index in [0.717, 1.165) is 17.7 Å². The first-order valence-corrected chi connectivity index (χ1v) is 6.45. The van der Waals surface area contributed by atoms with E-state index in [2.05, 4.69) is 0 Å². The summed E-state index contributed by atoms with van der Waals surface area (Å²) in [5.41, 5.74) is 7.72. The molecular weight excluding hydrogens is 246 g/mol. The molecule has 0 amide bonds. The smallest absolute Gasteiger partial charge is 0.305 e. The van der Waals surface area contributed by atoms with Gasteiger partial charge < -0.3 is 20.3 Å². The average Bonchev–Trinajstić information content (AvgIpc) is 2.66. The summed E-state index contributed by atoms with van der Waals surface area (Å²) in [4.78, 5) is 10.8. The zero-order valence-corrected chi connectivity index (χ0v) is 11.2. The standard InChI is InChI=1S/C14H19NO4/c1-3-18-13-5-9-4-8(2)19-12(9)6-10(13)11(15)7-14(16)17/h5-6,8,11H,3-4,7,15H2,1-2H3,(H,16,17)/t8?,11-/m1/s1. The van der Waals surface area contributed by atoms with Crippen LogP contribution in [0, 0.1) is 0 Å². The van der Waals surface area contributed by atoms with E-state index in [-0.39, 0.29) is 12.5 Å². The number of carbonyl (C=O) groups is 1. The zero-order valence-electron chi connectivity index (χ0n) is 11.2. The maximum Gasteiger partial charge on any atom is 0.305 e. The lowest BCUT2D eigenvalue weighted by Crippen LogP contribution is -2.16. The van der Waals surface area contributed by atoms with E-state index < -0.39 is 12.0 Å². The van der Waals surface area contributed by atoms with E-state index in [0.29, 0.717) is 17.9 Å². The molecule has 104 valence electrons. The second kappa shape index (κ2) is 5.48. The van der Waals surface area contributed by atoms with Crippen molar-refractivity contribution in [2.24, 2.45) is 5.73 Å². The minimum atomic E-state index is -0.926. The third kappa shape index (κ3) is 2.98. The van der Waals surface area contributed by atoms with Gasteiger partial charge in [-0.3, -0.25) is 4.79 Å². The van der Waals surface area contributed by atoms with Crippen molar-refractivity contribution in [3.05, 3.63) is 23.3 Å². The van der Waals surface area contributed by atoms with Crippen LogP contribution >= 0.6 is 0 Å².